The average molecular weight is 551 g/mol. The van der Waals surface area contributed by atoms with Crippen LogP contribution in [0.15, 0.2) is 53.3 Å². The van der Waals surface area contributed by atoms with E-state index in [0.29, 0.717) is 50.7 Å². The highest BCUT2D eigenvalue weighted by Crippen LogP contribution is 2.36. The summed E-state index contributed by atoms with van der Waals surface area (Å²) in [5.74, 6) is -1.40. The van der Waals surface area contributed by atoms with E-state index in [1.54, 1.807) is 4.57 Å². The standard InChI is InChI=1S/C29H31FN4O6/c1-31-25(35)22-15-21(30)8-7-20(22)16-32-26(36)23-24(40-17-19-5-3-2-4-6-19)27(37)34-11-14-39-18-29(28(34)33-23)9-12-38-13-10-29/h2-8,15H,9-14,16-18H2,1H3,(H,31,35)(H,32,36). The van der Waals surface area contributed by atoms with Crippen molar-refractivity contribution < 1.29 is 28.2 Å². The molecule has 5 rings (SSSR count). The third kappa shape index (κ3) is 5.61. The van der Waals surface area contributed by atoms with Crippen LogP contribution < -0.4 is 20.9 Å². The third-order valence-corrected chi connectivity index (χ3v) is 7.31. The molecule has 2 aromatic carbocycles. The molecule has 1 saturated heterocycles. The second-order valence-electron chi connectivity index (χ2n) is 9.85. The summed E-state index contributed by atoms with van der Waals surface area (Å²) in [6.45, 7) is 1.90. The number of halogens is 1. The van der Waals surface area contributed by atoms with Gasteiger partial charge in [-0.1, -0.05) is 36.4 Å². The first-order valence-electron chi connectivity index (χ1n) is 13.2. The van der Waals surface area contributed by atoms with Gasteiger partial charge in [-0.15, -0.1) is 0 Å². The van der Waals surface area contributed by atoms with Gasteiger partial charge < -0.3 is 24.8 Å². The number of hydrogen-bond donors (Lipinski definition) is 2. The summed E-state index contributed by atoms with van der Waals surface area (Å²) in [6, 6.07) is 13.0. The number of ether oxygens (including phenoxy) is 3. The van der Waals surface area contributed by atoms with Crippen LogP contribution in [0.2, 0.25) is 0 Å². The number of fused-ring (bicyclic) bond motifs is 2. The normalized spacial score (nSPS) is 16.1. The molecule has 1 spiro atoms. The molecule has 2 amide bonds. The Hall–Kier alpha value is -4.09. The summed E-state index contributed by atoms with van der Waals surface area (Å²) < 4.78 is 32.8. The third-order valence-electron chi connectivity index (χ3n) is 7.31. The molecule has 3 heterocycles. The van der Waals surface area contributed by atoms with Crippen molar-refractivity contribution in [1.82, 2.24) is 20.2 Å². The van der Waals surface area contributed by atoms with Crippen molar-refractivity contribution in [3.8, 4) is 5.75 Å². The van der Waals surface area contributed by atoms with E-state index in [2.05, 4.69) is 10.6 Å². The first-order chi connectivity index (χ1) is 19.4. The molecule has 11 heteroatoms. The second kappa shape index (κ2) is 12.0. The fourth-order valence-corrected chi connectivity index (χ4v) is 5.09. The van der Waals surface area contributed by atoms with E-state index in [4.69, 9.17) is 19.2 Å². The number of aromatic nitrogens is 2. The summed E-state index contributed by atoms with van der Waals surface area (Å²) in [5.41, 5.74) is 0.126. The van der Waals surface area contributed by atoms with E-state index in [1.165, 1.54) is 19.2 Å². The van der Waals surface area contributed by atoms with Gasteiger partial charge in [0.15, 0.2) is 5.69 Å². The Balaban J connectivity index is 1.53. The second-order valence-corrected chi connectivity index (χ2v) is 9.85. The Morgan fingerprint density at radius 1 is 1.07 bits per heavy atom. The van der Waals surface area contributed by atoms with Crippen LogP contribution in [-0.2, 0) is 34.6 Å². The summed E-state index contributed by atoms with van der Waals surface area (Å²) >= 11 is 0. The molecule has 210 valence electrons. The fraction of sp³-hybridized carbons (Fsp3) is 0.379. The van der Waals surface area contributed by atoms with Crippen LogP contribution in [0.5, 0.6) is 5.75 Å². The van der Waals surface area contributed by atoms with E-state index >= 15 is 0 Å². The highest BCUT2D eigenvalue weighted by atomic mass is 19.1. The van der Waals surface area contributed by atoms with E-state index in [1.807, 2.05) is 30.3 Å². The van der Waals surface area contributed by atoms with Gasteiger partial charge in [0.1, 0.15) is 18.2 Å². The summed E-state index contributed by atoms with van der Waals surface area (Å²) in [6.07, 6.45) is 1.19. The lowest BCUT2D eigenvalue weighted by Gasteiger charge is -2.36. The summed E-state index contributed by atoms with van der Waals surface area (Å²) in [4.78, 5) is 44.6. The first kappa shape index (κ1) is 27.5. The number of carbonyl (C=O) groups excluding carboxylic acids is 2. The molecular formula is C29H31FN4O6. The minimum absolute atomic E-state index is 0.0612. The average Bonchev–Trinajstić information content (AvgIpc) is 3.15. The first-order valence-corrected chi connectivity index (χ1v) is 13.2. The van der Waals surface area contributed by atoms with Crippen molar-refractivity contribution >= 4 is 11.8 Å². The van der Waals surface area contributed by atoms with Crippen LogP contribution in [0.3, 0.4) is 0 Å². The number of nitrogens with one attached hydrogen (secondary N) is 2. The lowest BCUT2D eigenvalue weighted by molar-refractivity contribution is 0.00412. The zero-order valence-corrected chi connectivity index (χ0v) is 22.2. The Kier molecular flexibility index (Phi) is 8.22. The maximum atomic E-state index is 13.9. The molecule has 0 unspecified atom stereocenters. The molecule has 0 radical (unpaired) electrons. The SMILES string of the molecule is CNC(=O)c1cc(F)ccc1CNC(=O)c1nc2n(c(=O)c1OCc1ccccc1)CCOCC21CCOCC1. The van der Waals surface area contributed by atoms with Crippen molar-refractivity contribution in [3.63, 3.8) is 0 Å². The molecule has 0 bridgehead atoms. The quantitative estimate of drug-likeness (QED) is 0.463. The van der Waals surface area contributed by atoms with Crippen LogP contribution in [0.1, 0.15) is 50.6 Å². The number of rotatable bonds is 7. The predicted molar refractivity (Wildman–Crippen MR) is 143 cm³/mol. The van der Waals surface area contributed by atoms with Crippen molar-refractivity contribution in [1.29, 1.82) is 0 Å². The van der Waals surface area contributed by atoms with Crippen molar-refractivity contribution in [2.24, 2.45) is 0 Å². The van der Waals surface area contributed by atoms with Crippen LogP contribution >= 0.6 is 0 Å². The monoisotopic (exact) mass is 550 g/mol. The van der Waals surface area contributed by atoms with Gasteiger partial charge in [-0.3, -0.25) is 19.0 Å². The Labute approximate surface area is 230 Å². The Morgan fingerprint density at radius 2 is 1.85 bits per heavy atom. The zero-order valence-electron chi connectivity index (χ0n) is 22.2. The van der Waals surface area contributed by atoms with Gasteiger partial charge in [0.25, 0.3) is 17.4 Å². The Morgan fingerprint density at radius 3 is 2.60 bits per heavy atom. The molecular weight excluding hydrogens is 519 g/mol. The number of amides is 2. The molecule has 0 saturated carbocycles. The van der Waals surface area contributed by atoms with Crippen LogP contribution in [-0.4, -0.2) is 54.8 Å². The molecule has 10 nitrogen and oxygen atoms in total. The van der Waals surface area contributed by atoms with E-state index in [0.717, 1.165) is 11.6 Å². The van der Waals surface area contributed by atoms with Crippen LogP contribution in [0.4, 0.5) is 4.39 Å². The summed E-state index contributed by atoms with van der Waals surface area (Å²) in [5, 5.41) is 5.22. The van der Waals surface area contributed by atoms with Crippen LogP contribution in [0, 0.1) is 5.82 Å². The molecule has 0 atom stereocenters. The van der Waals surface area contributed by atoms with E-state index in [9.17, 15) is 18.8 Å². The smallest absolute Gasteiger partial charge is 0.296 e. The van der Waals surface area contributed by atoms with Crippen molar-refractivity contribution in [3.05, 3.63) is 92.9 Å². The van der Waals surface area contributed by atoms with Gasteiger partial charge in [0, 0.05) is 32.4 Å². The Bertz CT molecular complexity index is 1450. The maximum Gasteiger partial charge on any atom is 0.296 e. The van der Waals surface area contributed by atoms with Gasteiger partial charge in [-0.2, -0.15) is 0 Å². The van der Waals surface area contributed by atoms with Gasteiger partial charge in [-0.05, 0) is 36.1 Å². The lowest BCUT2D eigenvalue weighted by atomic mass is 9.80. The van der Waals surface area contributed by atoms with Gasteiger partial charge >= 0.3 is 0 Å². The molecule has 1 aromatic heterocycles. The molecule has 1 fully saturated rings. The molecule has 2 aliphatic rings. The van der Waals surface area contributed by atoms with Crippen LogP contribution in [0.25, 0.3) is 0 Å². The highest BCUT2D eigenvalue weighted by molar-refractivity contribution is 5.97. The maximum absolute atomic E-state index is 13.9. The zero-order chi connectivity index (χ0) is 28.1. The van der Waals surface area contributed by atoms with Gasteiger partial charge in [-0.25, -0.2) is 9.37 Å². The van der Waals surface area contributed by atoms with Gasteiger partial charge in [0.2, 0.25) is 5.75 Å². The van der Waals surface area contributed by atoms with Crippen molar-refractivity contribution in [2.75, 3.05) is 33.5 Å². The van der Waals surface area contributed by atoms with Crippen molar-refractivity contribution in [2.45, 2.75) is 38.0 Å². The topological polar surface area (TPSA) is 121 Å². The lowest BCUT2D eigenvalue weighted by Crippen LogP contribution is -2.43. The highest BCUT2D eigenvalue weighted by Gasteiger charge is 2.42. The summed E-state index contributed by atoms with van der Waals surface area (Å²) in [7, 11) is 1.44. The molecule has 40 heavy (non-hydrogen) atoms. The number of carbonyl (C=O) groups is 2. The largest absolute Gasteiger partial charge is 0.481 e. The van der Waals surface area contributed by atoms with Gasteiger partial charge in [0.05, 0.1) is 25.2 Å². The minimum Gasteiger partial charge on any atom is -0.481 e. The molecule has 0 aliphatic carbocycles. The van der Waals surface area contributed by atoms with E-state index in [-0.39, 0.29) is 36.7 Å². The van der Waals surface area contributed by atoms with E-state index < -0.39 is 28.6 Å². The molecule has 2 aliphatic heterocycles. The number of nitrogens with zero attached hydrogens (tertiary/aromatic N) is 2. The molecule has 3 aromatic rings. The fourth-order valence-electron chi connectivity index (χ4n) is 5.09. The number of benzene rings is 2. The molecule has 2 N–H and O–H groups in total. The number of hydrogen-bond acceptors (Lipinski definition) is 7. The predicted octanol–water partition coefficient (Wildman–Crippen LogP) is 2.33. The minimum atomic E-state index is -0.650.